The van der Waals surface area contributed by atoms with Crippen LogP contribution in [0.2, 0.25) is 0 Å². The number of halogens is 1. The lowest BCUT2D eigenvalue weighted by Gasteiger charge is -2.24. The Bertz CT molecular complexity index is 1940. The smallest absolute Gasteiger partial charge is 0.410 e. The molecule has 4 heterocycles. The first-order chi connectivity index (χ1) is 22.4. The number of rotatable bonds is 7. The van der Waals surface area contributed by atoms with Gasteiger partial charge in [-0.3, -0.25) is 9.59 Å². The second-order valence-corrected chi connectivity index (χ2v) is 13.9. The Hall–Kier alpha value is -4.87. The van der Waals surface area contributed by atoms with Crippen LogP contribution in [-0.2, 0) is 11.8 Å². The molecule has 12 heteroatoms. The van der Waals surface area contributed by atoms with Crippen molar-refractivity contribution in [1.29, 1.82) is 0 Å². The van der Waals surface area contributed by atoms with Crippen molar-refractivity contribution < 1.29 is 18.7 Å². The number of hydrogen-bond acceptors (Lipinski definition) is 7. The van der Waals surface area contributed by atoms with Gasteiger partial charge in [0, 0.05) is 55.5 Å². The number of nitrogens with one attached hydrogen (secondary N) is 1. The molecule has 0 bridgehead atoms. The number of pyridine rings is 2. The summed E-state index contributed by atoms with van der Waals surface area (Å²) < 4.78 is 23.4. The molecule has 4 aromatic rings. The van der Waals surface area contributed by atoms with E-state index in [0.717, 1.165) is 48.1 Å². The molecule has 47 heavy (non-hydrogen) atoms. The molecule has 1 saturated heterocycles. The van der Waals surface area contributed by atoms with Gasteiger partial charge in [-0.2, -0.15) is 0 Å². The number of amides is 2. The van der Waals surface area contributed by atoms with Crippen LogP contribution in [-0.4, -0.2) is 59.9 Å². The molecule has 0 radical (unpaired) electrons. The lowest BCUT2D eigenvalue weighted by molar-refractivity contribution is 0.0292. The molecular weight excluding hydrogens is 601 g/mol. The minimum Gasteiger partial charge on any atom is -0.444 e. The van der Waals surface area contributed by atoms with Crippen LogP contribution in [0, 0.1) is 5.82 Å². The summed E-state index contributed by atoms with van der Waals surface area (Å²) in [5.74, 6) is 0.0781. The highest BCUT2D eigenvalue weighted by molar-refractivity contribution is 6.04. The van der Waals surface area contributed by atoms with Gasteiger partial charge in [-0.25, -0.2) is 14.2 Å². The minimum absolute atomic E-state index is 0.0341. The maximum absolute atomic E-state index is 14.5. The van der Waals surface area contributed by atoms with Crippen LogP contribution in [0.25, 0.3) is 22.5 Å². The first-order valence-corrected chi connectivity index (χ1v) is 16.1. The number of likely N-dealkylation sites (tertiary alicyclic amines) is 1. The molecule has 1 aliphatic heterocycles. The molecule has 0 spiro atoms. The third-order valence-electron chi connectivity index (χ3n) is 8.89. The van der Waals surface area contributed by atoms with Gasteiger partial charge in [0.25, 0.3) is 11.5 Å². The highest BCUT2D eigenvalue weighted by Gasteiger charge is 2.34. The Morgan fingerprint density at radius 2 is 1.79 bits per heavy atom. The van der Waals surface area contributed by atoms with Crippen LogP contribution in [0.15, 0.2) is 53.7 Å². The number of nitrogens with zero attached hydrogens (tertiary/aromatic N) is 6. The molecule has 1 N–H and O–H groups in total. The number of aromatic nitrogens is 5. The molecule has 11 nitrogen and oxygen atoms in total. The number of hydrogen-bond donors (Lipinski definition) is 1. The average Bonchev–Trinajstić information content (AvgIpc) is 3.95. The fourth-order valence-electron chi connectivity index (χ4n) is 6.18. The summed E-state index contributed by atoms with van der Waals surface area (Å²) >= 11 is 0. The normalized spacial score (nSPS) is 18.0. The molecule has 2 amide bonds. The van der Waals surface area contributed by atoms with Crippen LogP contribution in [0.3, 0.4) is 0 Å². The zero-order chi connectivity index (χ0) is 33.0. The zero-order valence-electron chi connectivity index (χ0n) is 27.0. The Morgan fingerprint density at radius 3 is 2.47 bits per heavy atom. The summed E-state index contributed by atoms with van der Waals surface area (Å²) in [5.41, 5.74) is 2.77. The monoisotopic (exact) mass is 639 g/mol. The molecule has 3 aromatic heterocycles. The van der Waals surface area contributed by atoms with Gasteiger partial charge in [-0.15, -0.1) is 10.2 Å². The third-order valence-corrected chi connectivity index (χ3v) is 8.89. The maximum atomic E-state index is 14.5. The zero-order valence-corrected chi connectivity index (χ0v) is 27.0. The molecule has 2 saturated carbocycles. The Kier molecular flexibility index (Phi) is 7.68. The van der Waals surface area contributed by atoms with E-state index >= 15 is 0 Å². The lowest BCUT2D eigenvalue weighted by Crippen LogP contribution is -2.35. The SMILES string of the molecule is Cn1cnnc1-c1cc(F)ccc1-c1cc(NC(=O)c2cc(C3CCN(C(=O)OC(C)(C)C)C3)cn(C3CC3)c2=O)nc(C2CC2)c1. The fourth-order valence-corrected chi connectivity index (χ4v) is 6.18. The highest BCUT2D eigenvalue weighted by atomic mass is 19.1. The molecule has 1 atom stereocenters. The first kappa shape index (κ1) is 30.8. The van der Waals surface area contributed by atoms with Crippen LogP contribution in [0.5, 0.6) is 0 Å². The standard InChI is InChI=1S/C35H38FN7O4/c1-35(2,3)47-34(46)42-12-11-21(17-42)23-13-28(33(45)43(18-23)25-8-9-25)32(44)39-30-15-22(14-29(38-30)20-5-6-20)26-10-7-24(36)16-27(26)31-40-37-19-41(31)4/h7,10,13-16,18-21,25H,5-6,8-9,11-12,17H2,1-4H3,(H,38,39,44). The summed E-state index contributed by atoms with van der Waals surface area (Å²) in [7, 11) is 1.79. The van der Waals surface area contributed by atoms with E-state index < -0.39 is 17.3 Å². The van der Waals surface area contributed by atoms with Crippen molar-refractivity contribution in [3.63, 3.8) is 0 Å². The van der Waals surface area contributed by atoms with Crippen molar-refractivity contribution in [2.45, 2.75) is 76.4 Å². The van der Waals surface area contributed by atoms with Crippen molar-refractivity contribution in [3.8, 4) is 22.5 Å². The lowest BCUT2D eigenvalue weighted by atomic mass is 9.97. The summed E-state index contributed by atoms with van der Waals surface area (Å²) in [6.45, 7) is 6.49. The van der Waals surface area contributed by atoms with E-state index in [0.29, 0.717) is 36.7 Å². The summed E-state index contributed by atoms with van der Waals surface area (Å²) in [5, 5.41) is 11.1. The molecule has 1 aromatic carbocycles. The van der Waals surface area contributed by atoms with Crippen molar-refractivity contribution in [3.05, 3.63) is 81.9 Å². The second-order valence-electron chi connectivity index (χ2n) is 13.9. The van der Waals surface area contributed by atoms with Crippen LogP contribution < -0.4 is 10.9 Å². The summed E-state index contributed by atoms with van der Waals surface area (Å²) in [6, 6.07) is 9.94. The molecule has 1 unspecified atom stereocenters. The van der Waals surface area contributed by atoms with Crippen LogP contribution >= 0.6 is 0 Å². The van der Waals surface area contributed by atoms with E-state index in [1.54, 1.807) is 45.6 Å². The van der Waals surface area contributed by atoms with Gasteiger partial charge in [0.15, 0.2) is 5.82 Å². The van der Waals surface area contributed by atoms with Crippen LogP contribution in [0.1, 0.15) is 92.4 Å². The molecule has 7 rings (SSSR count). The van der Waals surface area contributed by atoms with E-state index in [9.17, 15) is 18.8 Å². The van der Waals surface area contributed by atoms with E-state index in [2.05, 4.69) is 15.5 Å². The predicted molar refractivity (Wildman–Crippen MR) is 174 cm³/mol. The van der Waals surface area contributed by atoms with Gasteiger partial charge in [0.05, 0.1) is 0 Å². The summed E-state index contributed by atoms with van der Waals surface area (Å²) in [4.78, 5) is 46.7. The number of carbonyl (C=O) groups excluding carboxylic acids is 2. The van der Waals surface area contributed by atoms with Gasteiger partial charge >= 0.3 is 6.09 Å². The maximum Gasteiger partial charge on any atom is 0.410 e. The van der Waals surface area contributed by atoms with Crippen molar-refractivity contribution in [2.24, 2.45) is 7.05 Å². The van der Waals surface area contributed by atoms with E-state index in [-0.39, 0.29) is 35.1 Å². The first-order valence-electron chi connectivity index (χ1n) is 16.1. The van der Waals surface area contributed by atoms with E-state index in [1.165, 1.54) is 12.1 Å². The number of benzene rings is 1. The Balaban J connectivity index is 1.21. The number of aryl methyl sites for hydroxylation is 1. The van der Waals surface area contributed by atoms with Crippen LogP contribution in [0.4, 0.5) is 15.0 Å². The van der Waals surface area contributed by atoms with Gasteiger partial charge in [-0.05, 0) is 99.9 Å². The molecular formula is C35H38FN7O4. The topological polar surface area (TPSA) is 124 Å². The number of ether oxygens (including phenoxy) is 1. The molecule has 2 aliphatic carbocycles. The molecule has 3 aliphatic rings. The average molecular weight is 640 g/mol. The van der Waals surface area contributed by atoms with Gasteiger partial charge in [0.2, 0.25) is 0 Å². The highest BCUT2D eigenvalue weighted by Crippen LogP contribution is 2.42. The van der Waals surface area contributed by atoms with E-state index in [1.807, 2.05) is 33.0 Å². The quantitative estimate of drug-likeness (QED) is 0.262. The van der Waals surface area contributed by atoms with Gasteiger partial charge < -0.3 is 24.1 Å². The summed E-state index contributed by atoms with van der Waals surface area (Å²) in [6.07, 6.45) is 7.46. The third kappa shape index (κ3) is 6.54. The van der Waals surface area contributed by atoms with Crippen molar-refractivity contribution in [2.75, 3.05) is 18.4 Å². The molecule has 3 fully saturated rings. The Morgan fingerprint density at radius 1 is 1.00 bits per heavy atom. The fraction of sp³-hybridized carbons (Fsp3) is 0.429. The minimum atomic E-state index is -0.599. The predicted octanol–water partition coefficient (Wildman–Crippen LogP) is 6.03. The van der Waals surface area contributed by atoms with E-state index in [4.69, 9.17) is 9.72 Å². The number of anilines is 1. The Labute approximate surface area is 271 Å². The molecule has 244 valence electrons. The second kappa shape index (κ2) is 11.7. The number of carbonyl (C=O) groups is 2. The van der Waals surface area contributed by atoms with Gasteiger partial charge in [-0.1, -0.05) is 6.07 Å². The van der Waals surface area contributed by atoms with Gasteiger partial charge in [0.1, 0.15) is 29.1 Å². The van der Waals surface area contributed by atoms with Crippen molar-refractivity contribution in [1.82, 2.24) is 29.2 Å². The largest absolute Gasteiger partial charge is 0.444 e. The van der Waals surface area contributed by atoms with Crippen molar-refractivity contribution >= 4 is 17.8 Å².